The van der Waals surface area contributed by atoms with Crippen LogP contribution in [0.3, 0.4) is 0 Å². The van der Waals surface area contributed by atoms with E-state index in [-0.39, 0.29) is 43.6 Å². The van der Waals surface area contributed by atoms with Gasteiger partial charge in [0.25, 0.3) is 0 Å². The predicted molar refractivity (Wildman–Crippen MR) is 88.8 cm³/mol. The Morgan fingerprint density at radius 1 is 0.762 bits per heavy atom. The van der Waals surface area contributed by atoms with Crippen LogP contribution in [0.25, 0.3) is 0 Å². The van der Waals surface area contributed by atoms with Crippen molar-refractivity contribution in [2.24, 2.45) is 0 Å². The van der Waals surface area contributed by atoms with Crippen molar-refractivity contribution in [3.8, 4) is 11.5 Å². The van der Waals surface area contributed by atoms with Gasteiger partial charge >= 0.3 is 0 Å². The molecular weight excluding hydrogens is 377 g/mol. The molecule has 2 rings (SSSR count). The van der Waals surface area contributed by atoms with Crippen LogP contribution in [0.5, 0.6) is 11.5 Å². The lowest BCUT2D eigenvalue weighted by molar-refractivity contribution is 0.460. The Labute approximate surface area is 146 Å². The zero-order chi connectivity index (χ0) is 15.9. The largest absolute Gasteiger partial charge is 0.507 e. The van der Waals surface area contributed by atoms with Crippen molar-refractivity contribution >= 4 is 58.0 Å². The fraction of sp³-hybridized carbons (Fsp3) is 0.143. The Balaban J connectivity index is 2.64. The molecule has 0 aliphatic carbocycles. The van der Waals surface area contributed by atoms with Gasteiger partial charge in [-0.15, -0.1) is 0 Å². The van der Waals surface area contributed by atoms with Gasteiger partial charge in [-0.1, -0.05) is 58.0 Å². The number of hydrogen-bond acceptors (Lipinski definition) is 2. The average molecular weight is 386 g/mol. The molecule has 0 bridgehead atoms. The molecule has 0 heterocycles. The molecule has 2 aromatic rings. The molecule has 0 aliphatic heterocycles. The molecule has 21 heavy (non-hydrogen) atoms. The number of phenols is 2. The normalized spacial score (nSPS) is 11.0. The molecule has 2 N–H and O–H groups in total. The molecule has 0 radical (unpaired) electrons. The number of rotatable bonds is 2. The maximum Gasteiger partial charge on any atom is 0.139 e. The maximum atomic E-state index is 10.2. The van der Waals surface area contributed by atoms with E-state index in [1.807, 2.05) is 0 Å². The number of phenolic OH excluding ortho intramolecular Hbond substituents is 2. The summed E-state index contributed by atoms with van der Waals surface area (Å²) in [5.74, 6) is -0.227. The molecular formula is C14H9Cl5O2. The molecule has 0 spiro atoms. The molecule has 0 fully saturated rings. The molecule has 0 aromatic heterocycles. The predicted octanol–water partition coefficient (Wildman–Crippen LogP) is 6.26. The molecule has 112 valence electrons. The summed E-state index contributed by atoms with van der Waals surface area (Å²) in [6.07, 6.45) is 0.0387. The minimum Gasteiger partial charge on any atom is -0.507 e. The second kappa shape index (κ2) is 6.31. The smallest absolute Gasteiger partial charge is 0.139 e. The summed E-state index contributed by atoms with van der Waals surface area (Å²) >= 11 is 30.1. The van der Waals surface area contributed by atoms with Crippen molar-refractivity contribution in [1.29, 1.82) is 0 Å². The second-order valence-electron chi connectivity index (χ2n) is 4.47. The van der Waals surface area contributed by atoms with E-state index in [4.69, 9.17) is 58.0 Å². The first-order valence-corrected chi connectivity index (χ1v) is 7.64. The molecule has 2 aromatic carbocycles. The fourth-order valence-corrected chi connectivity index (χ4v) is 3.14. The molecule has 0 saturated heterocycles. The van der Waals surface area contributed by atoms with E-state index < -0.39 is 0 Å². The molecule has 0 saturated carbocycles. The van der Waals surface area contributed by atoms with Crippen LogP contribution in [0.2, 0.25) is 25.1 Å². The summed E-state index contributed by atoms with van der Waals surface area (Å²) in [6.45, 7) is 1.69. The van der Waals surface area contributed by atoms with Gasteiger partial charge in [0, 0.05) is 17.5 Å². The van der Waals surface area contributed by atoms with Crippen molar-refractivity contribution in [1.82, 2.24) is 0 Å². The Hall–Kier alpha value is -0.510. The zero-order valence-electron chi connectivity index (χ0n) is 10.6. The highest BCUT2D eigenvalue weighted by Crippen LogP contribution is 2.43. The molecule has 0 aliphatic rings. The zero-order valence-corrected chi connectivity index (χ0v) is 14.4. The number of aromatic hydroxyl groups is 2. The summed E-state index contributed by atoms with van der Waals surface area (Å²) in [6, 6.07) is 2.89. The van der Waals surface area contributed by atoms with Gasteiger partial charge in [0.1, 0.15) is 11.5 Å². The van der Waals surface area contributed by atoms with E-state index in [1.165, 1.54) is 6.07 Å². The van der Waals surface area contributed by atoms with Crippen LogP contribution in [-0.4, -0.2) is 10.2 Å². The quantitative estimate of drug-likeness (QED) is 0.598. The number of hydrogen-bond donors (Lipinski definition) is 2. The summed E-state index contributed by atoms with van der Waals surface area (Å²) in [4.78, 5) is 0. The third-order valence-corrected chi connectivity index (χ3v) is 5.01. The third kappa shape index (κ3) is 3.15. The average Bonchev–Trinajstić information content (AvgIpc) is 2.42. The Bertz CT molecular complexity index is 614. The highest BCUT2D eigenvalue weighted by molar-refractivity contribution is 6.44. The summed E-state index contributed by atoms with van der Waals surface area (Å²) in [5, 5.41) is 21.1. The van der Waals surface area contributed by atoms with Gasteiger partial charge in [-0.25, -0.2) is 0 Å². The minimum atomic E-state index is -0.209. The molecule has 0 unspecified atom stereocenters. The number of aryl methyl sites for hydroxylation is 1. The molecule has 7 heteroatoms. The topological polar surface area (TPSA) is 40.5 Å². The van der Waals surface area contributed by atoms with Crippen LogP contribution >= 0.6 is 58.0 Å². The van der Waals surface area contributed by atoms with E-state index in [1.54, 1.807) is 13.0 Å². The van der Waals surface area contributed by atoms with Crippen LogP contribution in [-0.2, 0) is 6.42 Å². The van der Waals surface area contributed by atoms with Gasteiger partial charge in [-0.3, -0.25) is 0 Å². The van der Waals surface area contributed by atoms with Crippen molar-refractivity contribution in [3.05, 3.63) is 53.9 Å². The lowest BCUT2D eigenvalue weighted by Gasteiger charge is -2.14. The van der Waals surface area contributed by atoms with Crippen LogP contribution in [0, 0.1) is 6.92 Å². The van der Waals surface area contributed by atoms with Crippen molar-refractivity contribution in [3.63, 3.8) is 0 Å². The van der Waals surface area contributed by atoms with Crippen molar-refractivity contribution < 1.29 is 10.2 Å². The van der Waals surface area contributed by atoms with Crippen LogP contribution < -0.4 is 0 Å². The minimum absolute atomic E-state index is 0.0176. The van der Waals surface area contributed by atoms with E-state index in [9.17, 15) is 10.2 Å². The van der Waals surface area contributed by atoms with Gasteiger partial charge in [-0.2, -0.15) is 0 Å². The Morgan fingerprint density at radius 2 is 1.24 bits per heavy atom. The van der Waals surface area contributed by atoms with E-state index in [2.05, 4.69) is 0 Å². The first kappa shape index (κ1) is 16.9. The summed E-state index contributed by atoms with van der Waals surface area (Å²) in [5.41, 5.74) is 1.17. The summed E-state index contributed by atoms with van der Waals surface area (Å²) < 4.78 is 0. The number of benzene rings is 2. The second-order valence-corrected chi connectivity index (χ2v) is 6.45. The lowest BCUT2D eigenvalue weighted by atomic mass is 10.0. The Kier molecular flexibility index (Phi) is 5.07. The van der Waals surface area contributed by atoms with Gasteiger partial charge in [0.2, 0.25) is 0 Å². The van der Waals surface area contributed by atoms with Crippen molar-refractivity contribution in [2.75, 3.05) is 0 Å². The van der Waals surface area contributed by atoms with Gasteiger partial charge in [0.15, 0.2) is 0 Å². The van der Waals surface area contributed by atoms with Crippen LogP contribution in [0.1, 0.15) is 16.7 Å². The van der Waals surface area contributed by atoms with E-state index >= 15 is 0 Å². The van der Waals surface area contributed by atoms with Crippen LogP contribution in [0.15, 0.2) is 12.1 Å². The van der Waals surface area contributed by atoms with Crippen LogP contribution in [0.4, 0.5) is 0 Å². The fourth-order valence-electron chi connectivity index (χ4n) is 1.94. The van der Waals surface area contributed by atoms with Crippen molar-refractivity contribution in [2.45, 2.75) is 13.3 Å². The summed E-state index contributed by atoms with van der Waals surface area (Å²) in [7, 11) is 0. The van der Waals surface area contributed by atoms with E-state index in [0.717, 1.165) is 0 Å². The van der Waals surface area contributed by atoms with E-state index in [0.29, 0.717) is 16.1 Å². The third-order valence-electron chi connectivity index (χ3n) is 3.07. The highest BCUT2D eigenvalue weighted by Gasteiger charge is 2.20. The first-order valence-electron chi connectivity index (χ1n) is 5.75. The first-order chi connectivity index (χ1) is 9.73. The maximum absolute atomic E-state index is 10.2. The lowest BCUT2D eigenvalue weighted by Crippen LogP contribution is -1.96. The Morgan fingerprint density at radius 3 is 1.81 bits per heavy atom. The molecule has 2 nitrogen and oxygen atoms in total. The number of halogens is 5. The van der Waals surface area contributed by atoms with Gasteiger partial charge < -0.3 is 10.2 Å². The highest BCUT2D eigenvalue weighted by atomic mass is 35.5. The van der Waals surface area contributed by atoms with Gasteiger partial charge in [0.05, 0.1) is 25.1 Å². The standard InChI is InChI=1S/C14H9Cl5O2/c1-5-2-8(15)11(18)6(13(5)20)3-7-12(19)9(16)4-10(17)14(7)21/h2,4,20-21H,3H2,1H3. The SMILES string of the molecule is Cc1cc(Cl)c(Cl)c(Cc2c(O)c(Cl)cc(Cl)c2Cl)c1O. The monoisotopic (exact) mass is 384 g/mol. The van der Waals surface area contributed by atoms with Gasteiger partial charge in [-0.05, 0) is 24.6 Å². The molecule has 0 atom stereocenters. The molecule has 0 amide bonds.